The van der Waals surface area contributed by atoms with Crippen LogP contribution in [0.4, 0.5) is 0 Å². The van der Waals surface area contributed by atoms with E-state index >= 15 is 0 Å². The molecule has 0 aliphatic carbocycles. The summed E-state index contributed by atoms with van der Waals surface area (Å²) in [4.78, 5) is 2.70. The molecule has 1 saturated heterocycles. The van der Waals surface area contributed by atoms with E-state index in [0.29, 0.717) is 6.04 Å². The lowest BCUT2D eigenvalue weighted by molar-refractivity contribution is 0.0583. The van der Waals surface area contributed by atoms with Crippen LogP contribution in [0.1, 0.15) is 66.2 Å². The molecule has 0 saturated carbocycles. The molecule has 19 heavy (non-hydrogen) atoms. The van der Waals surface area contributed by atoms with E-state index in [9.17, 15) is 0 Å². The third-order valence-electron chi connectivity index (χ3n) is 4.52. The molecule has 0 radical (unpaired) electrons. The number of piperidine rings is 1. The van der Waals surface area contributed by atoms with Crippen LogP contribution in [0, 0.1) is 0 Å². The summed E-state index contributed by atoms with van der Waals surface area (Å²) >= 11 is 0. The number of nitrogens with one attached hydrogen (secondary N) is 1. The van der Waals surface area contributed by atoms with Gasteiger partial charge in [0, 0.05) is 11.6 Å². The molecule has 0 amide bonds. The van der Waals surface area contributed by atoms with Crippen LogP contribution in [0.2, 0.25) is 0 Å². The molecule has 1 heterocycles. The van der Waals surface area contributed by atoms with E-state index in [2.05, 4.69) is 44.5 Å². The normalized spacial score (nSPS) is 19.4. The topological polar surface area (TPSA) is 15.3 Å². The summed E-state index contributed by atoms with van der Waals surface area (Å²) < 4.78 is 0. The zero-order valence-electron chi connectivity index (χ0n) is 13.6. The van der Waals surface area contributed by atoms with Gasteiger partial charge in [0.05, 0.1) is 0 Å². The molecule has 0 bridgehead atoms. The lowest BCUT2D eigenvalue weighted by atomic mass is 9.86. The predicted molar refractivity (Wildman–Crippen MR) is 85.6 cm³/mol. The van der Waals surface area contributed by atoms with Crippen molar-refractivity contribution in [1.82, 2.24) is 10.2 Å². The molecule has 1 atom stereocenters. The van der Waals surface area contributed by atoms with Gasteiger partial charge in [-0.3, -0.25) is 4.90 Å². The minimum Gasteiger partial charge on any atom is -0.312 e. The Bertz CT molecular complexity index is 264. The second-order valence-electron chi connectivity index (χ2n) is 6.70. The van der Waals surface area contributed by atoms with Gasteiger partial charge in [0.2, 0.25) is 0 Å². The largest absolute Gasteiger partial charge is 0.312 e. The van der Waals surface area contributed by atoms with Crippen LogP contribution in [0.5, 0.6) is 0 Å². The Morgan fingerprint density at radius 1 is 1.26 bits per heavy atom. The van der Waals surface area contributed by atoms with Crippen LogP contribution in [-0.4, -0.2) is 36.1 Å². The van der Waals surface area contributed by atoms with Crippen LogP contribution in [0.15, 0.2) is 12.2 Å². The zero-order chi connectivity index (χ0) is 14.3. The van der Waals surface area contributed by atoms with Crippen LogP contribution in [0.3, 0.4) is 0 Å². The second kappa shape index (κ2) is 8.06. The number of hydrogen-bond donors (Lipinski definition) is 1. The van der Waals surface area contributed by atoms with Gasteiger partial charge in [-0.05, 0) is 72.5 Å². The lowest BCUT2D eigenvalue weighted by Crippen LogP contribution is -2.59. The Kier molecular flexibility index (Phi) is 7.09. The van der Waals surface area contributed by atoms with Gasteiger partial charge in [0.15, 0.2) is 0 Å². The first-order chi connectivity index (χ1) is 8.98. The molecule has 1 rings (SSSR count). The Morgan fingerprint density at radius 3 is 2.42 bits per heavy atom. The van der Waals surface area contributed by atoms with Gasteiger partial charge in [0.1, 0.15) is 0 Å². The lowest BCUT2D eigenvalue weighted by Gasteiger charge is -2.46. The quantitative estimate of drug-likeness (QED) is 0.669. The standard InChI is InChI=1S/C17H34N2/c1-6-12-18-16(11-10-15(2)3)17(4,5)19-13-8-7-9-14-19/h16,18H,2,6-14H2,1,3-5H3. The SMILES string of the molecule is C=C(C)CCC(NCCC)C(C)(C)N1CCCCC1. The smallest absolute Gasteiger partial charge is 0.0306 e. The Hall–Kier alpha value is -0.340. The third-order valence-corrected chi connectivity index (χ3v) is 4.52. The van der Waals surface area contributed by atoms with Crippen LogP contribution < -0.4 is 5.32 Å². The van der Waals surface area contributed by atoms with Gasteiger partial charge in [-0.1, -0.05) is 18.9 Å². The maximum absolute atomic E-state index is 4.06. The monoisotopic (exact) mass is 266 g/mol. The Morgan fingerprint density at radius 2 is 1.89 bits per heavy atom. The maximum Gasteiger partial charge on any atom is 0.0306 e. The third kappa shape index (κ3) is 5.27. The fraction of sp³-hybridized carbons (Fsp3) is 0.882. The molecule has 2 heteroatoms. The van der Waals surface area contributed by atoms with Gasteiger partial charge in [-0.25, -0.2) is 0 Å². The van der Waals surface area contributed by atoms with Crippen molar-refractivity contribution in [1.29, 1.82) is 0 Å². The summed E-state index contributed by atoms with van der Waals surface area (Å²) in [7, 11) is 0. The molecule has 1 aliphatic heterocycles. The van der Waals surface area contributed by atoms with E-state index in [0.717, 1.165) is 13.0 Å². The molecular weight excluding hydrogens is 232 g/mol. The van der Waals surface area contributed by atoms with Crippen LogP contribution >= 0.6 is 0 Å². The Balaban J connectivity index is 2.65. The van der Waals surface area contributed by atoms with E-state index in [1.54, 1.807) is 0 Å². The molecule has 0 spiro atoms. The molecule has 1 N–H and O–H groups in total. The molecule has 0 aromatic heterocycles. The maximum atomic E-state index is 4.06. The highest BCUT2D eigenvalue weighted by atomic mass is 15.2. The predicted octanol–water partition coefficient (Wildman–Crippen LogP) is 3.98. The second-order valence-corrected chi connectivity index (χ2v) is 6.70. The van der Waals surface area contributed by atoms with Crippen molar-refractivity contribution >= 4 is 0 Å². The summed E-state index contributed by atoms with van der Waals surface area (Å²) in [5.41, 5.74) is 1.56. The van der Waals surface area contributed by atoms with Crippen molar-refractivity contribution in [3.05, 3.63) is 12.2 Å². The highest BCUT2D eigenvalue weighted by Gasteiger charge is 2.35. The van der Waals surface area contributed by atoms with Crippen molar-refractivity contribution in [2.45, 2.75) is 77.8 Å². The van der Waals surface area contributed by atoms with E-state index in [4.69, 9.17) is 0 Å². The van der Waals surface area contributed by atoms with Crippen molar-refractivity contribution in [3.8, 4) is 0 Å². The van der Waals surface area contributed by atoms with Gasteiger partial charge in [-0.2, -0.15) is 0 Å². The molecule has 0 aromatic rings. The van der Waals surface area contributed by atoms with Gasteiger partial charge < -0.3 is 5.32 Å². The molecule has 1 fully saturated rings. The number of allylic oxidation sites excluding steroid dienone is 1. The molecule has 0 aromatic carbocycles. The van der Waals surface area contributed by atoms with Crippen molar-refractivity contribution in [2.75, 3.05) is 19.6 Å². The van der Waals surface area contributed by atoms with E-state index < -0.39 is 0 Å². The van der Waals surface area contributed by atoms with Gasteiger partial charge in [0.25, 0.3) is 0 Å². The minimum atomic E-state index is 0.255. The van der Waals surface area contributed by atoms with Gasteiger partial charge in [-0.15, -0.1) is 6.58 Å². The van der Waals surface area contributed by atoms with Crippen LogP contribution in [0.25, 0.3) is 0 Å². The number of nitrogens with zero attached hydrogens (tertiary/aromatic N) is 1. The van der Waals surface area contributed by atoms with Crippen molar-refractivity contribution in [3.63, 3.8) is 0 Å². The summed E-state index contributed by atoms with van der Waals surface area (Å²) in [6, 6.07) is 0.572. The first-order valence-electron chi connectivity index (χ1n) is 8.11. The minimum absolute atomic E-state index is 0.255. The fourth-order valence-electron chi connectivity index (χ4n) is 3.10. The number of rotatable bonds is 8. The average molecular weight is 266 g/mol. The highest BCUT2D eigenvalue weighted by Crippen LogP contribution is 2.26. The van der Waals surface area contributed by atoms with Crippen LogP contribution in [-0.2, 0) is 0 Å². The molecule has 1 aliphatic rings. The van der Waals surface area contributed by atoms with Gasteiger partial charge >= 0.3 is 0 Å². The van der Waals surface area contributed by atoms with E-state index in [-0.39, 0.29) is 5.54 Å². The summed E-state index contributed by atoms with van der Waals surface area (Å²) in [6.07, 6.45) is 7.69. The zero-order valence-corrected chi connectivity index (χ0v) is 13.6. The highest BCUT2D eigenvalue weighted by molar-refractivity contribution is 4.98. The van der Waals surface area contributed by atoms with E-state index in [1.165, 1.54) is 50.8 Å². The average Bonchev–Trinajstić information content (AvgIpc) is 2.39. The number of likely N-dealkylation sites (tertiary alicyclic amines) is 1. The van der Waals surface area contributed by atoms with E-state index in [1.807, 2.05) is 0 Å². The molecule has 2 nitrogen and oxygen atoms in total. The summed E-state index contributed by atoms with van der Waals surface area (Å²) in [6.45, 7) is 17.0. The first kappa shape index (κ1) is 16.7. The molecular formula is C17H34N2. The fourth-order valence-corrected chi connectivity index (χ4v) is 3.10. The molecule has 112 valence electrons. The molecule has 1 unspecified atom stereocenters. The van der Waals surface area contributed by atoms with Crippen molar-refractivity contribution in [2.24, 2.45) is 0 Å². The Labute approximate surface area is 120 Å². The summed E-state index contributed by atoms with van der Waals surface area (Å²) in [5, 5.41) is 3.78. The first-order valence-corrected chi connectivity index (χ1v) is 8.11. The van der Waals surface area contributed by atoms with Crippen molar-refractivity contribution < 1.29 is 0 Å². The summed E-state index contributed by atoms with van der Waals surface area (Å²) in [5.74, 6) is 0. The number of hydrogen-bond acceptors (Lipinski definition) is 2.